The van der Waals surface area contributed by atoms with E-state index in [2.05, 4.69) is 19.2 Å². The Labute approximate surface area is 97.6 Å². The molecule has 2 saturated carbocycles. The zero-order chi connectivity index (χ0) is 11.7. The second kappa shape index (κ2) is 4.74. The van der Waals surface area contributed by atoms with Gasteiger partial charge in [-0.2, -0.15) is 0 Å². The van der Waals surface area contributed by atoms with Crippen molar-refractivity contribution in [3.63, 3.8) is 0 Å². The third-order valence-corrected chi connectivity index (χ3v) is 4.37. The van der Waals surface area contributed by atoms with Crippen molar-refractivity contribution in [3.05, 3.63) is 0 Å². The minimum Gasteiger partial charge on any atom is -0.480 e. The SMILES string of the molecule is CC1CCC(NC(C(=O)O)C2CC2)CC1C. The molecule has 2 fully saturated rings. The zero-order valence-electron chi connectivity index (χ0n) is 10.3. The molecule has 92 valence electrons. The molecule has 0 spiro atoms. The summed E-state index contributed by atoms with van der Waals surface area (Å²) < 4.78 is 0. The van der Waals surface area contributed by atoms with Crippen molar-refractivity contribution in [1.82, 2.24) is 5.32 Å². The molecule has 2 N–H and O–H groups in total. The first-order valence-electron chi connectivity index (χ1n) is 6.56. The van der Waals surface area contributed by atoms with E-state index in [4.69, 9.17) is 5.11 Å². The molecule has 0 bridgehead atoms. The van der Waals surface area contributed by atoms with Crippen LogP contribution in [0.15, 0.2) is 0 Å². The number of hydrogen-bond acceptors (Lipinski definition) is 2. The van der Waals surface area contributed by atoms with Crippen LogP contribution in [0.4, 0.5) is 0 Å². The van der Waals surface area contributed by atoms with E-state index in [9.17, 15) is 4.79 Å². The van der Waals surface area contributed by atoms with Crippen molar-refractivity contribution >= 4 is 5.97 Å². The highest BCUT2D eigenvalue weighted by molar-refractivity contribution is 5.74. The standard InChI is InChI=1S/C13H23NO2/c1-8-3-6-11(7-9(8)2)14-12(13(15)16)10-4-5-10/h8-12,14H,3-7H2,1-2H3,(H,15,16). The predicted octanol–water partition coefficient (Wildman–Crippen LogP) is 2.26. The fraction of sp³-hybridized carbons (Fsp3) is 0.923. The number of nitrogens with one attached hydrogen (secondary N) is 1. The lowest BCUT2D eigenvalue weighted by atomic mass is 9.79. The lowest BCUT2D eigenvalue weighted by Gasteiger charge is -2.34. The minimum atomic E-state index is -0.659. The third kappa shape index (κ3) is 2.76. The Kier molecular flexibility index (Phi) is 3.53. The van der Waals surface area contributed by atoms with Crippen LogP contribution in [0.3, 0.4) is 0 Å². The number of aliphatic carboxylic acids is 1. The summed E-state index contributed by atoms with van der Waals surface area (Å²) in [6.45, 7) is 4.59. The molecule has 4 atom stereocenters. The second-order valence-electron chi connectivity index (χ2n) is 5.78. The molecule has 0 aromatic rings. The fourth-order valence-electron chi connectivity index (χ4n) is 2.79. The quantitative estimate of drug-likeness (QED) is 0.771. The van der Waals surface area contributed by atoms with Crippen LogP contribution in [-0.4, -0.2) is 23.2 Å². The van der Waals surface area contributed by atoms with Gasteiger partial charge in [0.2, 0.25) is 0 Å². The van der Waals surface area contributed by atoms with Crippen molar-refractivity contribution in [3.8, 4) is 0 Å². The van der Waals surface area contributed by atoms with E-state index in [1.807, 2.05) is 0 Å². The fourth-order valence-corrected chi connectivity index (χ4v) is 2.79. The van der Waals surface area contributed by atoms with Gasteiger partial charge in [0, 0.05) is 6.04 Å². The maximum Gasteiger partial charge on any atom is 0.320 e. The Bertz CT molecular complexity index is 263. The van der Waals surface area contributed by atoms with E-state index in [1.165, 1.54) is 6.42 Å². The molecule has 0 aromatic heterocycles. The lowest BCUT2D eigenvalue weighted by molar-refractivity contribution is -0.140. The lowest BCUT2D eigenvalue weighted by Crippen LogP contribution is -2.47. The van der Waals surface area contributed by atoms with Gasteiger partial charge in [0.15, 0.2) is 0 Å². The van der Waals surface area contributed by atoms with Crippen LogP contribution in [0, 0.1) is 17.8 Å². The largest absolute Gasteiger partial charge is 0.480 e. The summed E-state index contributed by atoms with van der Waals surface area (Å²) in [5, 5.41) is 12.5. The van der Waals surface area contributed by atoms with E-state index in [0.717, 1.165) is 37.5 Å². The van der Waals surface area contributed by atoms with Crippen LogP contribution in [0.2, 0.25) is 0 Å². The van der Waals surface area contributed by atoms with Gasteiger partial charge >= 0.3 is 5.97 Å². The average Bonchev–Trinajstić information content (AvgIpc) is 3.03. The molecule has 0 aliphatic heterocycles. The van der Waals surface area contributed by atoms with Gasteiger partial charge in [0.05, 0.1) is 0 Å². The molecule has 0 aromatic carbocycles. The van der Waals surface area contributed by atoms with Crippen molar-refractivity contribution in [2.24, 2.45) is 17.8 Å². The predicted molar refractivity (Wildman–Crippen MR) is 63.3 cm³/mol. The summed E-state index contributed by atoms with van der Waals surface area (Å²) in [7, 11) is 0. The van der Waals surface area contributed by atoms with Gasteiger partial charge in [0.1, 0.15) is 6.04 Å². The molecule has 0 heterocycles. The molecule has 2 rings (SSSR count). The van der Waals surface area contributed by atoms with Crippen LogP contribution in [0.1, 0.15) is 46.0 Å². The Morgan fingerprint density at radius 3 is 2.38 bits per heavy atom. The molecular formula is C13H23NO2. The molecule has 0 saturated heterocycles. The molecule has 3 nitrogen and oxygen atoms in total. The second-order valence-corrected chi connectivity index (χ2v) is 5.78. The highest BCUT2D eigenvalue weighted by atomic mass is 16.4. The van der Waals surface area contributed by atoms with Gasteiger partial charge in [-0.25, -0.2) is 0 Å². The molecular weight excluding hydrogens is 202 g/mol. The van der Waals surface area contributed by atoms with Crippen LogP contribution >= 0.6 is 0 Å². The number of hydrogen-bond donors (Lipinski definition) is 2. The van der Waals surface area contributed by atoms with E-state index < -0.39 is 5.97 Å². The molecule has 3 heteroatoms. The van der Waals surface area contributed by atoms with E-state index in [0.29, 0.717) is 12.0 Å². The van der Waals surface area contributed by atoms with Gasteiger partial charge in [-0.15, -0.1) is 0 Å². The normalized spacial score (nSPS) is 37.0. The number of carboxylic acid groups (broad SMARTS) is 1. The van der Waals surface area contributed by atoms with E-state index >= 15 is 0 Å². The number of carbonyl (C=O) groups is 1. The Morgan fingerprint density at radius 1 is 1.19 bits per heavy atom. The van der Waals surface area contributed by atoms with E-state index in [1.54, 1.807) is 0 Å². The van der Waals surface area contributed by atoms with Crippen LogP contribution in [-0.2, 0) is 4.79 Å². The monoisotopic (exact) mass is 225 g/mol. The molecule has 4 unspecified atom stereocenters. The van der Waals surface area contributed by atoms with Gasteiger partial charge in [-0.3, -0.25) is 4.79 Å². The van der Waals surface area contributed by atoms with Crippen LogP contribution < -0.4 is 5.32 Å². The summed E-state index contributed by atoms with van der Waals surface area (Å²) in [6.07, 6.45) is 5.68. The van der Waals surface area contributed by atoms with Crippen molar-refractivity contribution < 1.29 is 9.90 Å². The summed E-state index contributed by atoms with van der Waals surface area (Å²) >= 11 is 0. The maximum atomic E-state index is 11.1. The van der Waals surface area contributed by atoms with Crippen LogP contribution in [0.5, 0.6) is 0 Å². The summed E-state index contributed by atoms with van der Waals surface area (Å²) in [5.74, 6) is 1.25. The molecule has 2 aliphatic rings. The highest BCUT2D eigenvalue weighted by Crippen LogP contribution is 2.35. The first kappa shape index (κ1) is 11.9. The Balaban J connectivity index is 1.86. The summed E-state index contributed by atoms with van der Waals surface area (Å²) in [4.78, 5) is 11.1. The van der Waals surface area contributed by atoms with Gasteiger partial charge in [-0.05, 0) is 49.9 Å². The third-order valence-electron chi connectivity index (χ3n) is 4.37. The average molecular weight is 225 g/mol. The first-order valence-corrected chi connectivity index (χ1v) is 6.56. The highest BCUT2D eigenvalue weighted by Gasteiger charge is 2.38. The zero-order valence-corrected chi connectivity index (χ0v) is 10.3. The maximum absolute atomic E-state index is 11.1. The smallest absolute Gasteiger partial charge is 0.320 e. The molecule has 2 aliphatic carbocycles. The Hall–Kier alpha value is -0.570. The van der Waals surface area contributed by atoms with Crippen molar-refractivity contribution in [2.45, 2.75) is 58.0 Å². The summed E-state index contributed by atoms with van der Waals surface area (Å²) in [6, 6.07) is 0.138. The first-order chi connectivity index (χ1) is 7.58. The van der Waals surface area contributed by atoms with Crippen molar-refractivity contribution in [2.75, 3.05) is 0 Å². The van der Waals surface area contributed by atoms with Gasteiger partial charge < -0.3 is 10.4 Å². The van der Waals surface area contributed by atoms with Crippen LogP contribution in [0.25, 0.3) is 0 Å². The topological polar surface area (TPSA) is 49.3 Å². The molecule has 0 radical (unpaired) electrons. The van der Waals surface area contributed by atoms with E-state index in [-0.39, 0.29) is 6.04 Å². The number of rotatable bonds is 4. The van der Waals surface area contributed by atoms with Gasteiger partial charge in [-0.1, -0.05) is 13.8 Å². The summed E-state index contributed by atoms with van der Waals surface area (Å²) in [5.41, 5.74) is 0. The van der Waals surface area contributed by atoms with Crippen molar-refractivity contribution in [1.29, 1.82) is 0 Å². The number of carboxylic acids is 1. The molecule has 16 heavy (non-hydrogen) atoms. The van der Waals surface area contributed by atoms with Gasteiger partial charge in [0.25, 0.3) is 0 Å². The minimum absolute atomic E-state index is 0.286. The molecule has 0 amide bonds. The Morgan fingerprint density at radius 2 is 1.88 bits per heavy atom.